The molecule has 1 saturated heterocycles. The van der Waals surface area contributed by atoms with Crippen molar-refractivity contribution < 1.29 is 23.8 Å². The van der Waals surface area contributed by atoms with E-state index in [1.54, 1.807) is 35.2 Å². The van der Waals surface area contributed by atoms with Gasteiger partial charge in [0, 0.05) is 41.6 Å². The Morgan fingerprint density at radius 2 is 1.76 bits per heavy atom. The van der Waals surface area contributed by atoms with E-state index in [2.05, 4.69) is 5.32 Å². The van der Waals surface area contributed by atoms with Crippen LogP contribution in [0.4, 0.5) is 16.2 Å². The highest BCUT2D eigenvalue weighted by Crippen LogP contribution is 2.39. The molecule has 0 bridgehead atoms. The summed E-state index contributed by atoms with van der Waals surface area (Å²) in [6, 6.07) is 10.1. The normalized spacial score (nSPS) is 13.4. The van der Waals surface area contributed by atoms with Gasteiger partial charge in [-0.2, -0.15) is 0 Å². The van der Waals surface area contributed by atoms with Crippen molar-refractivity contribution in [2.24, 2.45) is 0 Å². The lowest BCUT2D eigenvalue weighted by Gasteiger charge is -2.19. The Bertz CT molecular complexity index is 896. The number of amides is 3. The zero-order valence-electron chi connectivity index (χ0n) is 16.4. The van der Waals surface area contributed by atoms with Crippen molar-refractivity contribution in [3.8, 4) is 17.2 Å². The van der Waals surface area contributed by atoms with Crippen LogP contribution in [0.2, 0.25) is 5.02 Å². The van der Waals surface area contributed by atoms with E-state index < -0.39 is 0 Å². The monoisotopic (exact) mass is 419 g/mol. The first-order chi connectivity index (χ1) is 14.0. The summed E-state index contributed by atoms with van der Waals surface area (Å²) < 4.78 is 15.8. The Balaban J connectivity index is 1.68. The highest BCUT2D eigenvalue weighted by Gasteiger charge is 2.31. The predicted octanol–water partition coefficient (Wildman–Crippen LogP) is 3.25. The van der Waals surface area contributed by atoms with Crippen molar-refractivity contribution in [2.75, 3.05) is 51.2 Å². The minimum atomic E-state index is -0.333. The summed E-state index contributed by atoms with van der Waals surface area (Å²) in [7, 11) is 4.50. The lowest BCUT2D eigenvalue weighted by atomic mass is 10.2. The first-order valence-electron chi connectivity index (χ1n) is 8.88. The fourth-order valence-electron chi connectivity index (χ4n) is 3.14. The number of urea groups is 1. The van der Waals surface area contributed by atoms with Crippen LogP contribution in [0.5, 0.6) is 17.2 Å². The summed E-state index contributed by atoms with van der Waals surface area (Å²) in [4.78, 5) is 28.2. The van der Waals surface area contributed by atoms with Crippen molar-refractivity contribution >= 4 is 34.9 Å². The van der Waals surface area contributed by atoms with Gasteiger partial charge in [-0.05, 0) is 18.2 Å². The van der Waals surface area contributed by atoms with Crippen molar-refractivity contribution in [2.45, 2.75) is 0 Å². The number of hydrogen-bond donors (Lipinski definition) is 1. The van der Waals surface area contributed by atoms with E-state index in [9.17, 15) is 9.59 Å². The molecule has 1 fully saturated rings. The molecule has 9 heteroatoms. The maximum Gasteiger partial charge on any atom is 0.325 e. The fourth-order valence-corrected chi connectivity index (χ4v) is 3.32. The molecule has 1 aliphatic rings. The van der Waals surface area contributed by atoms with Gasteiger partial charge in [0.1, 0.15) is 6.54 Å². The van der Waals surface area contributed by atoms with Crippen molar-refractivity contribution in [3.05, 3.63) is 41.4 Å². The molecular formula is C20H22ClN3O5. The molecular weight excluding hydrogens is 398 g/mol. The molecule has 0 aliphatic carbocycles. The lowest BCUT2D eigenvalue weighted by molar-refractivity contribution is -0.116. The molecule has 0 spiro atoms. The Kier molecular flexibility index (Phi) is 6.33. The van der Waals surface area contributed by atoms with Crippen LogP contribution in [0.3, 0.4) is 0 Å². The molecule has 0 atom stereocenters. The van der Waals surface area contributed by atoms with E-state index in [1.165, 1.54) is 26.2 Å². The lowest BCUT2D eigenvalue weighted by Crippen LogP contribution is -2.37. The molecule has 0 unspecified atom stereocenters. The highest BCUT2D eigenvalue weighted by molar-refractivity contribution is 6.30. The van der Waals surface area contributed by atoms with Crippen LogP contribution in [0.25, 0.3) is 0 Å². The molecule has 29 heavy (non-hydrogen) atoms. The van der Waals surface area contributed by atoms with Crippen molar-refractivity contribution in [3.63, 3.8) is 0 Å². The molecule has 3 rings (SSSR count). The number of anilines is 2. The molecule has 1 N–H and O–H groups in total. The fraction of sp³-hybridized carbons (Fsp3) is 0.300. The molecule has 154 valence electrons. The number of nitrogens with zero attached hydrogens (tertiary/aromatic N) is 2. The number of carbonyl (C=O) groups is 2. The summed E-state index contributed by atoms with van der Waals surface area (Å²) in [5.74, 6) is 0.943. The minimum Gasteiger partial charge on any atom is -0.493 e. The summed E-state index contributed by atoms with van der Waals surface area (Å²) in [6.07, 6.45) is 0. The van der Waals surface area contributed by atoms with Crippen LogP contribution in [-0.2, 0) is 4.79 Å². The second-order valence-corrected chi connectivity index (χ2v) is 6.73. The Labute approximate surface area is 173 Å². The molecule has 1 aliphatic heterocycles. The Hall–Kier alpha value is -3.13. The Morgan fingerprint density at radius 3 is 2.34 bits per heavy atom. The smallest absolute Gasteiger partial charge is 0.325 e. The van der Waals surface area contributed by atoms with Crippen molar-refractivity contribution in [1.82, 2.24) is 4.90 Å². The molecule has 0 saturated carbocycles. The zero-order valence-corrected chi connectivity index (χ0v) is 17.2. The standard InChI is InChI=1S/C20H22ClN3O5/c1-27-16-10-14(11-17(28-2)19(16)29-3)22-18(25)12-23-7-8-24(20(23)26)15-6-4-5-13(21)9-15/h4-6,9-11H,7-8,12H2,1-3H3,(H,22,25). The average Bonchev–Trinajstić information content (AvgIpc) is 3.07. The highest BCUT2D eigenvalue weighted by atomic mass is 35.5. The molecule has 8 nitrogen and oxygen atoms in total. The first-order valence-corrected chi connectivity index (χ1v) is 9.26. The van der Waals surface area contributed by atoms with Gasteiger partial charge in [-0.15, -0.1) is 0 Å². The number of rotatable bonds is 7. The van der Waals surface area contributed by atoms with Crippen LogP contribution in [0.15, 0.2) is 36.4 Å². The van der Waals surface area contributed by atoms with Crippen LogP contribution < -0.4 is 24.4 Å². The average molecular weight is 420 g/mol. The van der Waals surface area contributed by atoms with Gasteiger partial charge < -0.3 is 24.4 Å². The molecule has 1 heterocycles. The van der Waals surface area contributed by atoms with Gasteiger partial charge in [-0.3, -0.25) is 9.69 Å². The number of nitrogens with one attached hydrogen (secondary N) is 1. The second kappa shape index (κ2) is 8.91. The summed E-state index contributed by atoms with van der Waals surface area (Å²) in [5.41, 5.74) is 1.18. The second-order valence-electron chi connectivity index (χ2n) is 6.30. The molecule has 2 aromatic rings. The van der Waals surface area contributed by atoms with Gasteiger partial charge in [0.2, 0.25) is 11.7 Å². The third-order valence-electron chi connectivity index (χ3n) is 4.50. The van der Waals surface area contributed by atoms with Gasteiger partial charge >= 0.3 is 6.03 Å². The first kappa shape index (κ1) is 20.6. The summed E-state index contributed by atoms with van der Waals surface area (Å²) in [6.45, 7) is 0.844. The minimum absolute atomic E-state index is 0.0768. The zero-order chi connectivity index (χ0) is 21.0. The number of ether oxygens (including phenoxy) is 3. The van der Waals surface area contributed by atoms with Gasteiger partial charge in [0.05, 0.1) is 21.3 Å². The van der Waals surface area contributed by atoms with Crippen LogP contribution in [0, 0.1) is 0 Å². The molecule has 0 aromatic heterocycles. The molecule has 0 radical (unpaired) electrons. The number of carbonyl (C=O) groups excluding carboxylic acids is 2. The van der Waals surface area contributed by atoms with E-state index in [-0.39, 0.29) is 18.5 Å². The van der Waals surface area contributed by atoms with E-state index in [1.807, 2.05) is 6.07 Å². The predicted molar refractivity (Wildman–Crippen MR) is 110 cm³/mol. The quantitative estimate of drug-likeness (QED) is 0.745. The van der Waals surface area contributed by atoms with Gasteiger partial charge in [-0.25, -0.2) is 4.79 Å². The van der Waals surface area contributed by atoms with E-state index in [0.29, 0.717) is 46.7 Å². The maximum atomic E-state index is 12.7. The molecule has 2 aromatic carbocycles. The van der Waals surface area contributed by atoms with E-state index >= 15 is 0 Å². The SMILES string of the molecule is COc1cc(NC(=O)CN2CCN(c3cccc(Cl)c3)C2=O)cc(OC)c1OC. The van der Waals surface area contributed by atoms with Crippen molar-refractivity contribution in [1.29, 1.82) is 0 Å². The van der Waals surface area contributed by atoms with E-state index in [0.717, 1.165) is 0 Å². The number of hydrogen-bond acceptors (Lipinski definition) is 5. The van der Waals surface area contributed by atoms with Gasteiger partial charge in [-0.1, -0.05) is 17.7 Å². The largest absolute Gasteiger partial charge is 0.493 e. The summed E-state index contributed by atoms with van der Waals surface area (Å²) in [5, 5.41) is 3.32. The number of benzene rings is 2. The molecule has 3 amide bonds. The maximum absolute atomic E-state index is 12.7. The third kappa shape index (κ3) is 4.48. The van der Waals surface area contributed by atoms with Crippen LogP contribution in [0.1, 0.15) is 0 Å². The third-order valence-corrected chi connectivity index (χ3v) is 4.73. The number of halogens is 1. The van der Waals surface area contributed by atoms with Crippen LogP contribution >= 0.6 is 11.6 Å². The van der Waals surface area contributed by atoms with E-state index in [4.69, 9.17) is 25.8 Å². The topological polar surface area (TPSA) is 80.3 Å². The number of methoxy groups -OCH3 is 3. The summed E-state index contributed by atoms with van der Waals surface area (Å²) >= 11 is 6.01. The Morgan fingerprint density at radius 1 is 1.07 bits per heavy atom. The van der Waals surface area contributed by atoms with Crippen LogP contribution in [-0.4, -0.2) is 57.8 Å². The van der Waals surface area contributed by atoms with Gasteiger partial charge in [0.25, 0.3) is 0 Å². The van der Waals surface area contributed by atoms with Gasteiger partial charge in [0.15, 0.2) is 11.5 Å².